The van der Waals surface area contributed by atoms with Crippen molar-refractivity contribution in [3.63, 3.8) is 0 Å². The maximum absolute atomic E-state index is 12.8. The van der Waals surface area contributed by atoms with Crippen molar-refractivity contribution < 1.29 is 19.1 Å². The smallest absolute Gasteiger partial charge is 0.254 e. The predicted molar refractivity (Wildman–Crippen MR) is 107 cm³/mol. The van der Waals surface area contributed by atoms with E-state index < -0.39 is 0 Å². The Hall–Kier alpha value is -3.02. The van der Waals surface area contributed by atoms with Crippen molar-refractivity contribution in [2.75, 3.05) is 40.4 Å². The van der Waals surface area contributed by atoms with Gasteiger partial charge in [0.1, 0.15) is 0 Å². The third kappa shape index (κ3) is 3.96. The quantitative estimate of drug-likeness (QED) is 0.816. The second kappa shape index (κ2) is 8.33. The summed E-state index contributed by atoms with van der Waals surface area (Å²) in [6.07, 6.45) is 0. The predicted octanol–water partition coefficient (Wildman–Crippen LogP) is 2.92. The Morgan fingerprint density at radius 3 is 1.71 bits per heavy atom. The summed E-state index contributed by atoms with van der Waals surface area (Å²) in [6.45, 7) is 6.08. The average Bonchev–Trinajstić information content (AvgIpc) is 2.74. The maximum atomic E-state index is 12.8. The highest BCUT2D eigenvalue weighted by molar-refractivity contribution is 5.96. The van der Waals surface area contributed by atoms with E-state index in [-0.39, 0.29) is 11.8 Å². The number of benzene rings is 2. The molecule has 1 aliphatic heterocycles. The van der Waals surface area contributed by atoms with E-state index in [1.165, 1.54) is 5.56 Å². The van der Waals surface area contributed by atoms with Crippen LogP contribution in [0.25, 0.3) is 0 Å². The van der Waals surface area contributed by atoms with Crippen LogP contribution >= 0.6 is 0 Å². The molecule has 2 aromatic carbocycles. The lowest BCUT2D eigenvalue weighted by molar-refractivity contribution is 0.0535. The van der Waals surface area contributed by atoms with Crippen molar-refractivity contribution in [1.29, 1.82) is 0 Å². The average molecular weight is 382 g/mol. The fourth-order valence-corrected chi connectivity index (χ4v) is 3.32. The summed E-state index contributed by atoms with van der Waals surface area (Å²) < 4.78 is 10.5. The summed E-state index contributed by atoms with van der Waals surface area (Å²) in [4.78, 5) is 29.2. The zero-order chi connectivity index (χ0) is 20.3. The Balaban J connectivity index is 1.65. The largest absolute Gasteiger partial charge is 0.493 e. The van der Waals surface area contributed by atoms with Gasteiger partial charge in [-0.3, -0.25) is 9.59 Å². The molecule has 6 nitrogen and oxygen atoms in total. The van der Waals surface area contributed by atoms with Crippen molar-refractivity contribution >= 4 is 11.8 Å². The van der Waals surface area contributed by atoms with Crippen LogP contribution in [0.1, 0.15) is 31.8 Å². The fourth-order valence-electron chi connectivity index (χ4n) is 3.32. The van der Waals surface area contributed by atoms with Gasteiger partial charge in [0, 0.05) is 37.3 Å². The van der Waals surface area contributed by atoms with E-state index in [2.05, 4.69) is 0 Å². The lowest BCUT2D eigenvalue weighted by Gasteiger charge is -2.35. The summed E-state index contributed by atoms with van der Waals surface area (Å²) in [6, 6.07) is 10.9. The van der Waals surface area contributed by atoms with Crippen LogP contribution in [-0.2, 0) is 0 Å². The number of amides is 2. The molecule has 0 radical (unpaired) electrons. The molecule has 2 aromatic rings. The number of aryl methyl sites for hydroxylation is 2. The number of carbonyl (C=O) groups is 2. The first-order chi connectivity index (χ1) is 13.4. The first kappa shape index (κ1) is 19.7. The molecule has 6 heteroatoms. The molecule has 0 unspecified atom stereocenters. The number of rotatable bonds is 4. The molecule has 148 valence electrons. The summed E-state index contributed by atoms with van der Waals surface area (Å²) in [5.74, 6) is 1.06. The van der Waals surface area contributed by atoms with Crippen LogP contribution in [0.5, 0.6) is 11.5 Å². The molecular formula is C22H26N2O4. The first-order valence-electron chi connectivity index (χ1n) is 9.32. The molecular weight excluding hydrogens is 356 g/mol. The monoisotopic (exact) mass is 382 g/mol. The molecule has 1 saturated heterocycles. The van der Waals surface area contributed by atoms with Gasteiger partial charge in [-0.05, 0) is 55.3 Å². The van der Waals surface area contributed by atoms with Crippen LogP contribution in [0.2, 0.25) is 0 Å². The molecule has 1 aliphatic rings. The minimum absolute atomic E-state index is 0.0151. The zero-order valence-corrected chi connectivity index (χ0v) is 16.8. The Labute approximate surface area is 165 Å². The number of methoxy groups -OCH3 is 2. The number of piperazine rings is 1. The Morgan fingerprint density at radius 2 is 1.21 bits per heavy atom. The number of nitrogens with zero attached hydrogens (tertiary/aromatic N) is 2. The fraction of sp³-hybridized carbons (Fsp3) is 0.364. The summed E-state index contributed by atoms with van der Waals surface area (Å²) in [5, 5.41) is 0. The van der Waals surface area contributed by atoms with Crippen molar-refractivity contribution in [1.82, 2.24) is 9.80 Å². The van der Waals surface area contributed by atoms with E-state index in [0.717, 1.165) is 5.56 Å². The molecule has 0 N–H and O–H groups in total. The second-order valence-electron chi connectivity index (χ2n) is 6.95. The van der Waals surface area contributed by atoms with Gasteiger partial charge in [-0.2, -0.15) is 0 Å². The molecule has 1 fully saturated rings. The van der Waals surface area contributed by atoms with Crippen LogP contribution in [0, 0.1) is 13.8 Å². The van der Waals surface area contributed by atoms with Gasteiger partial charge in [-0.15, -0.1) is 0 Å². The molecule has 0 atom stereocenters. The molecule has 2 amide bonds. The topological polar surface area (TPSA) is 59.1 Å². The van der Waals surface area contributed by atoms with Crippen molar-refractivity contribution in [2.45, 2.75) is 13.8 Å². The summed E-state index contributed by atoms with van der Waals surface area (Å²) in [5.41, 5.74) is 3.52. The van der Waals surface area contributed by atoms with Gasteiger partial charge in [-0.25, -0.2) is 0 Å². The highest BCUT2D eigenvalue weighted by atomic mass is 16.5. The van der Waals surface area contributed by atoms with E-state index in [9.17, 15) is 9.59 Å². The van der Waals surface area contributed by atoms with Gasteiger partial charge in [0.2, 0.25) is 0 Å². The third-order valence-electron chi connectivity index (χ3n) is 5.24. The van der Waals surface area contributed by atoms with Crippen LogP contribution in [-0.4, -0.2) is 62.0 Å². The molecule has 3 rings (SSSR count). The Morgan fingerprint density at radius 1 is 0.714 bits per heavy atom. The van der Waals surface area contributed by atoms with Gasteiger partial charge in [0.15, 0.2) is 11.5 Å². The minimum Gasteiger partial charge on any atom is -0.493 e. The molecule has 0 bridgehead atoms. The van der Waals surface area contributed by atoms with Crippen LogP contribution in [0.15, 0.2) is 36.4 Å². The normalized spacial score (nSPS) is 14.0. The van der Waals surface area contributed by atoms with Gasteiger partial charge in [0.05, 0.1) is 14.2 Å². The minimum atomic E-state index is -0.0702. The summed E-state index contributed by atoms with van der Waals surface area (Å²) >= 11 is 0. The number of hydrogen-bond donors (Lipinski definition) is 0. The van der Waals surface area contributed by atoms with Gasteiger partial charge in [-0.1, -0.05) is 6.07 Å². The number of hydrogen-bond acceptors (Lipinski definition) is 4. The van der Waals surface area contributed by atoms with E-state index in [1.807, 2.05) is 36.9 Å². The molecule has 0 saturated carbocycles. The Bertz CT molecular complexity index is 886. The van der Waals surface area contributed by atoms with Gasteiger partial charge in [0.25, 0.3) is 11.8 Å². The van der Waals surface area contributed by atoms with Crippen LogP contribution in [0.4, 0.5) is 0 Å². The standard InChI is InChI=1S/C22H26N2O4/c1-15-5-6-17(13-16(15)2)21(25)23-9-11-24(12-10-23)22(26)18-7-8-19(27-3)20(14-18)28-4/h5-8,13-14H,9-12H2,1-4H3. The highest BCUT2D eigenvalue weighted by Crippen LogP contribution is 2.28. The number of carbonyl (C=O) groups excluding carboxylic acids is 2. The lowest BCUT2D eigenvalue weighted by atomic mass is 10.1. The van der Waals surface area contributed by atoms with Crippen LogP contribution in [0.3, 0.4) is 0 Å². The van der Waals surface area contributed by atoms with E-state index in [4.69, 9.17) is 9.47 Å². The highest BCUT2D eigenvalue weighted by Gasteiger charge is 2.26. The van der Waals surface area contributed by atoms with Crippen molar-refractivity contribution in [3.05, 3.63) is 58.7 Å². The lowest BCUT2D eigenvalue weighted by Crippen LogP contribution is -2.50. The maximum Gasteiger partial charge on any atom is 0.254 e. The molecule has 0 aromatic heterocycles. The molecule has 0 aliphatic carbocycles. The molecule has 1 heterocycles. The molecule has 28 heavy (non-hydrogen) atoms. The number of ether oxygens (including phenoxy) is 2. The van der Waals surface area contributed by atoms with Crippen molar-refractivity contribution in [3.8, 4) is 11.5 Å². The van der Waals surface area contributed by atoms with Crippen LogP contribution < -0.4 is 9.47 Å². The summed E-state index contributed by atoms with van der Waals surface area (Å²) in [7, 11) is 3.11. The van der Waals surface area contributed by atoms with E-state index in [0.29, 0.717) is 48.8 Å². The third-order valence-corrected chi connectivity index (χ3v) is 5.24. The van der Waals surface area contributed by atoms with Gasteiger partial charge < -0.3 is 19.3 Å². The zero-order valence-electron chi connectivity index (χ0n) is 16.8. The SMILES string of the molecule is COc1ccc(C(=O)N2CCN(C(=O)c3ccc(C)c(C)c3)CC2)cc1OC. The van der Waals surface area contributed by atoms with E-state index >= 15 is 0 Å². The van der Waals surface area contributed by atoms with Crippen molar-refractivity contribution in [2.24, 2.45) is 0 Å². The Kier molecular flexibility index (Phi) is 5.87. The second-order valence-corrected chi connectivity index (χ2v) is 6.95. The van der Waals surface area contributed by atoms with E-state index in [1.54, 1.807) is 37.3 Å². The first-order valence-corrected chi connectivity index (χ1v) is 9.32. The molecule has 0 spiro atoms. The van der Waals surface area contributed by atoms with Gasteiger partial charge >= 0.3 is 0 Å².